The average molecular weight is 319 g/mol. The quantitative estimate of drug-likeness (QED) is 0.793. The van der Waals surface area contributed by atoms with Crippen LogP contribution in [0.25, 0.3) is 23.5 Å². The van der Waals surface area contributed by atoms with E-state index >= 15 is 0 Å². The predicted molar refractivity (Wildman–Crippen MR) is 93.6 cm³/mol. The molecule has 120 valence electrons. The fourth-order valence-corrected chi connectivity index (χ4v) is 2.25. The lowest BCUT2D eigenvalue weighted by Gasteiger charge is -2.05. The molecule has 2 aromatic carbocycles. The molecule has 1 N–H and O–H groups in total. The molecule has 0 bridgehead atoms. The van der Waals surface area contributed by atoms with E-state index in [-0.39, 0.29) is 5.75 Å². The van der Waals surface area contributed by atoms with Crippen molar-refractivity contribution >= 4 is 12.2 Å². The van der Waals surface area contributed by atoms with Crippen molar-refractivity contribution in [2.45, 2.75) is 6.92 Å². The first kappa shape index (κ1) is 15.7. The van der Waals surface area contributed by atoms with Gasteiger partial charge in [0.2, 0.25) is 0 Å². The number of benzene rings is 2. The maximum Gasteiger partial charge on any atom is 0.167 e. The molecule has 24 heavy (non-hydrogen) atoms. The monoisotopic (exact) mass is 319 g/mol. The summed E-state index contributed by atoms with van der Waals surface area (Å²) in [5, 5.41) is 9.97. The van der Waals surface area contributed by atoms with Gasteiger partial charge in [0.15, 0.2) is 11.6 Å². The van der Waals surface area contributed by atoms with Gasteiger partial charge in [0.25, 0.3) is 0 Å². The second kappa shape index (κ2) is 6.91. The normalized spacial score (nSPS) is 10.9. The van der Waals surface area contributed by atoms with Crippen LogP contribution in [0.5, 0.6) is 11.5 Å². The summed E-state index contributed by atoms with van der Waals surface area (Å²) in [5.41, 5.74) is 1.60. The van der Waals surface area contributed by atoms with E-state index in [1.165, 1.54) is 0 Å². The van der Waals surface area contributed by atoms with Crippen LogP contribution in [-0.4, -0.2) is 27.2 Å². The van der Waals surface area contributed by atoms with Gasteiger partial charge in [0.05, 0.1) is 12.7 Å². The topological polar surface area (TPSA) is 68.1 Å². The average Bonchev–Trinajstić information content (AvgIpc) is 2.60. The molecule has 0 aliphatic heterocycles. The fourth-order valence-electron chi connectivity index (χ4n) is 2.25. The van der Waals surface area contributed by atoms with Crippen molar-refractivity contribution < 1.29 is 9.84 Å². The first-order valence-corrected chi connectivity index (χ1v) is 7.49. The molecule has 0 aliphatic carbocycles. The summed E-state index contributed by atoms with van der Waals surface area (Å²) in [6, 6.07) is 14.7. The Kier molecular flexibility index (Phi) is 4.52. The molecule has 0 aliphatic rings. The van der Waals surface area contributed by atoms with E-state index in [1.54, 1.807) is 32.2 Å². The standard InChI is InChI=1S/C19H17N3O2/c1-13-20-18(12-9-14-7-10-15(24-2)11-8-14)22-19(21-13)16-5-3-4-6-17(16)23/h3-12,23H,1-2H3/b12-9+. The number of phenolic OH excluding ortho intramolecular Hbond substituents is 1. The van der Waals surface area contributed by atoms with E-state index in [9.17, 15) is 5.11 Å². The number of ether oxygens (including phenoxy) is 1. The van der Waals surface area contributed by atoms with Crippen LogP contribution in [-0.2, 0) is 0 Å². The number of para-hydroxylation sites is 1. The number of nitrogens with zero attached hydrogens (tertiary/aromatic N) is 3. The minimum Gasteiger partial charge on any atom is -0.507 e. The largest absolute Gasteiger partial charge is 0.507 e. The van der Waals surface area contributed by atoms with Gasteiger partial charge in [-0.25, -0.2) is 15.0 Å². The third-order valence-electron chi connectivity index (χ3n) is 3.45. The molecule has 3 rings (SSSR count). The third kappa shape index (κ3) is 3.57. The van der Waals surface area contributed by atoms with Crippen LogP contribution < -0.4 is 4.74 Å². The zero-order valence-electron chi connectivity index (χ0n) is 13.5. The Labute approximate surface area is 140 Å². The maximum absolute atomic E-state index is 9.97. The summed E-state index contributed by atoms with van der Waals surface area (Å²) in [6.45, 7) is 1.80. The molecule has 0 saturated heterocycles. The Morgan fingerprint density at radius 3 is 2.38 bits per heavy atom. The van der Waals surface area contributed by atoms with Gasteiger partial charge < -0.3 is 9.84 Å². The van der Waals surface area contributed by atoms with Gasteiger partial charge in [-0.05, 0) is 42.8 Å². The van der Waals surface area contributed by atoms with Gasteiger partial charge in [-0.2, -0.15) is 0 Å². The smallest absolute Gasteiger partial charge is 0.167 e. The van der Waals surface area contributed by atoms with Crippen molar-refractivity contribution in [1.29, 1.82) is 0 Å². The number of hydrogen-bond donors (Lipinski definition) is 1. The van der Waals surface area contributed by atoms with Crippen LogP contribution in [0, 0.1) is 6.92 Å². The minimum atomic E-state index is 0.146. The summed E-state index contributed by atoms with van der Waals surface area (Å²) in [6.07, 6.45) is 3.74. The number of aromatic hydroxyl groups is 1. The molecule has 0 atom stereocenters. The molecule has 0 saturated carbocycles. The van der Waals surface area contributed by atoms with Crippen molar-refractivity contribution in [2.24, 2.45) is 0 Å². The number of aromatic nitrogens is 3. The summed E-state index contributed by atoms with van der Waals surface area (Å²) >= 11 is 0. The zero-order valence-corrected chi connectivity index (χ0v) is 13.5. The number of hydrogen-bond acceptors (Lipinski definition) is 5. The van der Waals surface area contributed by atoms with E-state index in [1.807, 2.05) is 42.5 Å². The van der Waals surface area contributed by atoms with Gasteiger partial charge in [-0.15, -0.1) is 0 Å². The minimum absolute atomic E-state index is 0.146. The van der Waals surface area contributed by atoms with Gasteiger partial charge in [-0.3, -0.25) is 0 Å². The van der Waals surface area contributed by atoms with Crippen LogP contribution >= 0.6 is 0 Å². The second-order valence-corrected chi connectivity index (χ2v) is 5.19. The highest BCUT2D eigenvalue weighted by Crippen LogP contribution is 2.25. The summed E-state index contributed by atoms with van der Waals surface area (Å²) in [7, 11) is 1.64. The molecule has 0 fully saturated rings. The van der Waals surface area contributed by atoms with Crippen LogP contribution in [0.3, 0.4) is 0 Å². The highest BCUT2D eigenvalue weighted by Gasteiger charge is 2.08. The molecule has 0 unspecified atom stereocenters. The molecule has 0 amide bonds. The highest BCUT2D eigenvalue weighted by molar-refractivity contribution is 5.69. The number of aryl methyl sites for hydroxylation is 1. The number of rotatable bonds is 4. The molecular weight excluding hydrogens is 302 g/mol. The molecule has 5 nitrogen and oxygen atoms in total. The van der Waals surface area contributed by atoms with Crippen molar-refractivity contribution in [2.75, 3.05) is 7.11 Å². The first-order valence-electron chi connectivity index (χ1n) is 7.49. The molecule has 0 spiro atoms. The molecule has 3 aromatic rings. The number of phenols is 1. The van der Waals surface area contributed by atoms with Gasteiger partial charge in [0, 0.05) is 0 Å². The SMILES string of the molecule is COc1ccc(/C=C/c2nc(C)nc(-c3ccccc3O)n2)cc1. The predicted octanol–water partition coefficient (Wildman–Crippen LogP) is 3.73. The number of methoxy groups -OCH3 is 1. The molecule has 0 radical (unpaired) electrons. The van der Waals surface area contributed by atoms with Crippen LogP contribution in [0.15, 0.2) is 48.5 Å². The summed E-state index contributed by atoms with van der Waals surface area (Å²) in [4.78, 5) is 13.1. The lowest BCUT2D eigenvalue weighted by Crippen LogP contribution is -1.99. The molecular formula is C19H17N3O2. The third-order valence-corrected chi connectivity index (χ3v) is 3.45. The van der Waals surface area contributed by atoms with Crippen molar-refractivity contribution in [1.82, 2.24) is 15.0 Å². The van der Waals surface area contributed by atoms with Crippen molar-refractivity contribution in [3.8, 4) is 22.9 Å². The summed E-state index contributed by atoms with van der Waals surface area (Å²) in [5.74, 6) is 2.54. The Bertz CT molecular complexity index is 874. The molecule has 5 heteroatoms. The Morgan fingerprint density at radius 2 is 1.67 bits per heavy atom. The van der Waals surface area contributed by atoms with Crippen LogP contribution in [0.1, 0.15) is 17.2 Å². The maximum atomic E-state index is 9.97. The van der Waals surface area contributed by atoms with E-state index < -0.39 is 0 Å². The first-order chi connectivity index (χ1) is 11.7. The van der Waals surface area contributed by atoms with Crippen LogP contribution in [0.4, 0.5) is 0 Å². The Balaban J connectivity index is 1.91. The van der Waals surface area contributed by atoms with Crippen molar-refractivity contribution in [3.63, 3.8) is 0 Å². The van der Waals surface area contributed by atoms with E-state index in [4.69, 9.17) is 4.74 Å². The highest BCUT2D eigenvalue weighted by atomic mass is 16.5. The summed E-state index contributed by atoms with van der Waals surface area (Å²) < 4.78 is 5.14. The molecule has 1 heterocycles. The fraction of sp³-hybridized carbons (Fsp3) is 0.105. The van der Waals surface area contributed by atoms with Gasteiger partial charge >= 0.3 is 0 Å². The second-order valence-electron chi connectivity index (χ2n) is 5.19. The zero-order chi connectivity index (χ0) is 16.9. The van der Waals surface area contributed by atoms with E-state index in [2.05, 4.69) is 15.0 Å². The van der Waals surface area contributed by atoms with Crippen LogP contribution in [0.2, 0.25) is 0 Å². The van der Waals surface area contributed by atoms with E-state index in [0.29, 0.717) is 23.0 Å². The van der Waals surface area contributed by atoms with Gasteiger partial charge in [-0.1, -0.05) is 30.3 Å². The van der Waals surface area contributed by atoms with E-state index in [0.717, 1.165) is 11.3 Å². The lowest BCUT2D eigenvalue weighted by molar-refractivity contribution is 0.415. The Morgan fingerprint density at radius 1 is 0.917 bits per heavy atom. The molecule has 1 aromatic heterocycles. The Hall–Kier alpha value is -3.21. The van der Waals surface area contributed by atoms with Crippen molar-refractivity contribution in [3.05, 3.63) is 65.7 Å². The lowest BCUT2D eigenvalue weighted by atomic mass is 10.2. The van der Waals surface area contributed by atoms with Gasteiger partial charge in [0.1, 0.15) is 17.3 Å².